The molecule has 154 valence electrons. The Kier molecular flexibility index (Phi) is 10.4. The van der Waals surface area contributed by atoms with E-state index in [2.05, 4.69) is 22.5 Å². The smallest absolute Gasteiger partial charge is 0.203 e. The van der Waals surface area contributed by atoms with E-state index in [1.54, 1.807) is 28.4 Å². The number of guanidine groups is 1. The predicted octanol–water partition coefficient (Wildman–Crippen LogP) is 3.32. The number of thioether (sulfide) groups is 1. The van der Waals surface area contributed by atoms with E-state index >= 15 is 0 Å². The minimum absolute atomic E-state index is 0. The summed E-state index contributed by atoms with van der Waals surface area (Å²) in [6, 6.07) is 3.91. The molecule has 1 heterocycles. The summed E-state index contributed by atoms with van der Waals surface area (Å²) in [6.45, 7) is 3.99. The third-order valence-electron chi connectivity index (χ3n) is 4.63. The Balaban J connectivity index is 0.00000364. The van der Waals surface area contributed by atoms with E-state index in [0.717, 1.165) is 31.0 Å². The van der Waals surface area contributed by atoms with Crippen LogP contribution in [0.3, 0.4) is 0 Å². The van der Waals surface area contributed by atoms with Crippen molar-refractivity contribution in [2.45, 2.75) is 30.9 Å². The molecule has 0 amide bonds. The molecule has 1 aliphatic rings. The molecule has 0 spiro atoms. The van der Waals surface area contributed by atoms with E-state index in [-0.39, 0.29) is 24.0 Å². The molecule has 1 aromatic carbocycles. The topological polar surface area (TPSA) is 64.1 Å². The summed E-state index contributed by atoms with van der Waals surface area (Å²) < 4.78 is 16.6. The van der Waals surface area contributed by atoms with Gasteiger partial charge in [-0.25, -0.2) is 0 Å². The summed E-state index contributed by atoms with van der Waals surface area (Å²) in [5, 5.41) is 6.83. The van der Waals surface area contributed by atoms with E-state index in [0.29, 0.717) is 22.0 Å². The second kappa shape index (κ2) is 11.7. The van der Waals surface area contributed by atoms with Crippen LogP contribution in [0.5, 0.6) is 17.2 Å². The van der Waals surface area contributed by atoms with Crippen LogP contribution < -0.4 is 24.8 Å². The zero-order chi connectivity index (χ0) is 19.0. The van der Waals surface area contributed by atoms with Gasteiger partial charge in [-0.1, -0.05) is 6.07 Å². The van der Waals surface area contributed by atoms with Gasteiger partial charge in [0, 0.05) is 30.4 Å². The van der Waals surface area contributed by atoms with Gasteiger partial charge in [0.25, 0.3) is 0 Å². The highest BCUT2D eigenvalue weighted by Crippen LogP contribution is 2.40. The van der Waals surface area contributed by atoms with Gasteiger partial charge in [-0.05, 0) is 38.0 Å². The zero-order valence-corrected chi connectivity index (χ0v) is 20.0. The Hall–Kier alpha value is -1.03. The third-order valence-corrected chi connectivity index (χ3v) is 6.16. The number of ether oxygens (including phenoxy) is 3. The van der Waals surface area contributed by atoms with Gasteiger partial charge >= 0.3 is 0 Å². The molecule has 0 radical (unpaired) electrons. The van der Waals surface area contributed by atoms with Crippen LogP contribution in [0.25, 0.3) is 0 Å². The van der Waals surface area contributed by atoms with Gasteiger partial charge in [0.15, 0.2) is 17.5 Å². The summed E-state index contributed by atoms with van der Waals surface area (Å²) >= 11 is 2.04. The molecule has 1 aromatic rings. The number of benzene rings is 1. The summed E-state index contributed by atoms with van der Waals surface area (Å²) in [5.74, 6) is 4.09. The fourth-order valence-corrected chi connectivity index (χ4v) is 4.39. The lowest BCUT2D eigenvalue weighted by Crippen LogP contribution is -2.44. The van der Waals surface area contributed by atoms with Crippen molar-refractivity contribution in [3.8, 4) is 17.2 Å². The van der Waals surface area contributed by atoms with Crippen LogP contribution in [-0.2, 0) is 6.42 Å². The van der Waals surface area contributed by atoms with E-state index in [1.165, 1.54) is 18.6 Å². The van der Waals surface area contributed by atoms with E-state index in [1.807, 2.05) is 23.9 Å². The van der Waals surface area contributed by atoms with Crippen molar-refractivity contribution in [2.24, 2.45) is 4.99 Å². The van der Waals surface area contributed by atoms with Gasteiger partial charge in [-0.3, -0.25) is 4.99 Å². The maximum Gasteiger partial charge on any atom is 0.203 e. The Morgan fingerprint density at radius 2 is 1.89 bits per heavy atom. The lowest BCUT2D eigenvalue weighted by molar-refractivity contribution is 0.322. The molecular formula is C19H32IN3O3S. The van der Waals surface area contributed by atoms with Gasteiger partial charge in [0.05, 0.1) is 21.3 Å². The molecule has 1 unspecified atom stereocenters. The highest BCUT2D eigenvalue weighted by atomic mass is 127. The monoisotopic (exact) mass is 509 g/mol. The van der Waals surface area contributed by atoms with Crippen molar-refractivity contribution in [3.63, 3.8) is 0 Å². The van der Waals surface area contributed by atoms with Crippen LogP contribution in [0.4, 0.5) is 0 Å². The first-order valence-electron chi connectivity index (χ1n) is 8.93. The fraction of sp³-hybridized carbons (Fsp3) is 0.632. The lowest BCUT2D eigenvalue weighted by Gasteiger charge is -2.24. The van der Waals surface area contributed by atoms with Gasteiger partial charge in [0.2, 0.25) is 5.75 Å². The summed E-state index contributed by atoms with van der Waals surface area (Å²) in [4.78, 5) is 4.32. The maximum absolute atomic E-state index is 5.54. The molecule has 1 fully saturated rings. The number of methoxy groups -OCH3 is 3. The van der Waals surface area contributed by atoms with Gasteiger partial charge < -0.3 is 24.8 Å². The molecule has 1 atom stereocenters. The lowest BCUT2D eigenvalue weighted by atomic mass is 10.1. The van der Waals surface area contributed by atoms with Crippen LogP contribution in [0, 0.1) is 0 Å². The number of hydrogen-bond acceptors (Lipinski definition) is 5. The first-order chi connectivity index (χ1) is 12.6. The average molecular weight is 509 g/mol. The standard InChI is InChI=1S/C19H31N3O3S.HI/c1-19(10-6-12-26-19)13-22-18(20-2)21-11-9-14-7-8-15(23-3)17(25-5)16(14)24-4;/h7-8H,6,9-13H2,1-5H3,(H2,20,21,22);1H. The molecule has 1 aliphatic heterocycles. The predicted molar refractivity (Wildman–Crippen MR) is 125 cm³/mol. The molecule has 2 N–H and O–H groups in total. The highest BCUT2D eigenvalue weighted by molar-refractivity contribution is 14.0. The van der Waals surface area contributed by atoms with Gasteiger partial charge in [0.1, 0.15) is 0 Å². The molecule has 0 aromatic heterocycles. The molecule has 0 bridgehead atoms. The van der Waals surface area contributed by atoms with Crippen molar-refractivity contribution in [1.29, 1.82) is 0 Å². The van der Waals surface area contributed by atoms with E-state index in [9.17, 15) is 0 Å². The molecular weight excluding hydrogens is 477 g/mol. The van der Waals surface area contributed by atoms with Crippen LogP contribution in [-0.4, -0.2) is 57.9 Å². The van der Waals surface area contributed by atoms with E-state index in [4.69, 9.17) is 14.2 Å². The molecule has 8 heteroatoms. The summed E-state index contributed by atoms with van der Waals surface area (Å²) in [5.41, 5.74) is 1.06. The highest BCUT2D eigenvalue weighted by Gasteiger charge is 2.29. The minimum Gasteiger partial charge on any atom is -0.493 e. The maximum atomic E-state index is 5.54. The number of hydrogen-bond donors (Lipinski definition) is 2. The van der Waals surface area contributed by atoms with Gasteiger partial charge in [-0.2, -0.15) is 11.8 Å². The quantitative estimate of drug-likeness (QED) is 0.319. The van der Waals surface area contributed by atoms with Crippen LogP contribution in [0.1, 0.15) is 25.3 Å². The molecule has 6 nitrogen and oxygen atoms in total. The average Bonchev–Trinajstić information content (AvgIpc) is 3.10. The zero-order valence-electron chi connectivity index (χ0n) is 16.9. The molecule has 27 heavy (non-hydrogen) atoms. The Bertz CT molecular complexity index is 622. The first kappa shape index (κ1) is 24.0. The number of rotatable bonds is 8. The minimum atomic E-state index is 0. The second-order valence-corrected chi connectivity index (χ2v) is 8.18. The van der Waals surface area contributed by atoms with Crippen molar-refractivity contribution in [1.82, 2.24) is 10.6 Å². The van der Waals surface area contributed by atoms with Crippen LogP contribution >= 0.6 is 35.7 Å². The van der Waals surface area contributed by atoms with Crippen molar-refractivity contribution < 1.29 is 14.2 Å². The SMILES string of the molecule is CN=C(NCCc1ccc(OC)c(OC)c1OC)NCC1(C)CCCS1.I. The Labute approximate surface area is 184 Å². The largest absolute Gasteiger partial charge is 0.493 e. The molecule has 1 saturated heterocycles. The van der Waals surface area contributed by atoms with Crippen LogP contribution in [0.2, 0.25) is 0 Å². The van der Waals surface area contributed by atoms with E-state index < -0.39 is 0 Å². The fourth-order valence-electron chi connectivity index (χ4n) is 3.14. The first-order valence-corrected chi connectivity index (χ1v) is 9.91. The number of aliphatic imine (C=N–C) groups is 1. The normalized spacial score (nSPS) is 19.2. The number of halogens is 1. The molecule has 0 aliphatic carbocycles. The Morgan fingerprint density at radius 3 is 2.44 bits per heavy atom. The van der Waals surface area contributed by atoms with Crippen molar-refractivity contribution in [2.75, 3.05) is 47.2 Å². The molecule has 0 saturated carbocycles. The third kappa shape index (κ3) is 6.51. The van der Waals surface area contributed by atoms with Crippen molar-refractivity contribution >= 4 is 41.7 Å². The van der Waals surface area contributed by atoms with Gasteiger partial charge in [-0.15, -0.1) is 24.0 Å². The molecule has 2 rings (SSSR count). The summed E-state index contributed by atoms with van der Waals surface area (Å²) in [6.07, 6.45) is 3.34. The number of nitrogens with one attached hydrogen (secondary N) is 2. The Morgan fingerprint density at radius 1 is 1.15 bits per heavy atom. The summed E-state index contributed by atoms with van der Waals surface area (Å²) in [7, 11) is 6.69. The number of nitrogens with zero attached hydrogens (tertiary/aromatic N) is 1. The van der Waals surface area contributed by atoms with Crippen LogP contribution in [0.15, 0.2) is 17.1 Å². The second-order valence-electron chi connectivity index (χ2n) is 6.50. The van der Waals surface area contributed by atoms with Crippen molar-refractivity contribution in [3.05, 3.63) is 17.7 Å².